The van der Waals surface area contributed by atoms with Crippen LogP contribution in [-0.4, -0.2) is 65.6 Å². The molecule has 1 saturated heterocycles. The number of aromatic nitrogens is 5. The van der Waals surface area contributed by atoms with Gasteiger partial charge in [0.05, 0.1) is 17.6 Å². The third kappa shape index (κ3) is 2.72. The maximum Gasteiger partial charge on any atom is 0.274 e. The van der Waals surface area contributed by atoms with Crippen molar-refractivity contribution in [3.8, 4) is 0 Å². The van der Waals surface area contributed by atoms with E-state index >= 15 is 0 Å². The highest BCUT2D eigenvalue weighted by molar-refractivity contribution is 5.93. The van der Waals surface area contributed by atoms with E-state index in [9.17, 15) is 9.59 Å². The Hall–Kier alpha value is -3.23. The van der Waals surface area contributed by atoms with Crippen molar-refractivity contribution in [1.29, 1.82) is 0 Å². The molecule has 29 heavy (non-hydrogen) atoms. The number of imidazole rings is 2. The Bertz CT molecular complexity index is 1040. The monoisotopic (exact) mass is 393 g/mol. The number of hydrogen-bond donors (Lipinski definition) is 1. The molecule has 2 aliphatic rings. The van der Waals surface area contributed by atoms with E-state index in [-0.39, 0.29) is 11.8 Å². The smallest absolute Gasteiger partial charge is 0.274 e. The van der Waals surface area contributed by atoms with Crippen molar-refractivity contribution in [2.75, 3.05) is 19.6 Å². The molecule has 5 heterocycles. The lowest BCUT2D eigenvalue weighted by Gasteiger charge is -2.50. The van der Waals surface area contributed by atoms with Crippen molar-refractivity contribution in [2.24, 2.45) is 0 Å². The van der Waals surface area contributed by atoms with E-state index in [0.717, 1.165) is 17.8 Å². The lowest BCUT2D eigenvalue weighted by molar-refractivity contribution is -0.141. The first-order valence-electron chi connectivity index (χ1n) is 10.0. The van der Waals surface area contributed by atoms with Gasteiger partial charge in [0.1, 0.15) is 5.69 Å². The van der Waals surface area contributed by atoms with Gasteiger partial charge in [0, 0.05) is 56.8 Å². The molecule has 0 aromatic carbocycles. The molecule has 1 spiro atoms. The standard InChI is InChI=1S/C20H23N7O2/c1-2-16(28)27-9-4-14-17(23-13-22-14)20(27)5-10-25(11-6-20)18(29)15-12-26-8-3-7-21-19(26)24-15/h3,7-8,12-13H,2,4-6,9-11H2,1H3,(H,22,23). The summed E-state index contributed by atoms with van der Waals surface area (Å²) in [5.74, 6) is 0.555. The van der Waals surface area contributed by atoms with Gasteiger partial charge >= 0.3 is 0 Å². The third-order valence-corrected chi connectivity index (χ3v) is 6.20. The quantitative estimate of drug-likeness (QED) is 0.709. The van der Waals surface area contributed by atoms with E-state index in [4.69, 9.17) is 0 Å². The molecule has 1 fully saturated rings. The van der Waals surface area contributed by atoms with E-state index in [1.54, 1.807) is 29.2 Å². The maximum absolute atomic E-state index is 13.0. The lowest BCUT2D eigenvalue weighted by atomic mass is 9.78. The number of hydrogen-bond acceptors (Lipinski definition) is 5. The summed E-state index contributed by atoms with van der Waals surface area (Å²) in [5, 5.41) is 0. The maximum atomic E-state index is 13.0. The molecule has 2 aliphatic heterocycles. The van der Waals surface area contributed by atoms with Crippen LogP contribution in [0.15, 0.2) is 31.0 Å². The summed E-state index contributed by atoms with van der Waals surface area (Å²) in [6.07, 6.45) is 9.53. The van der Waals surface area contributed by atoms with Crippen LogP contribution >= 0.6 is 0 Å². The minimum absolute atomic E-state index is 0.100. The molecule has 0 radical (unpaired) electrons. The minimum Gasteiger partial charge on any atom is -0.348 e. The molecule has 150 valence electrons. The van der Waals surface area contributed by atoms with Crippen LogP contribution in [0, 0.1) is 0 Å². The second-order valence-corrected chi connectivity index (χ2v) is 7.66. The van der Waals surface area contributed by atoms with Gasteiger partial charge in [0.15, 0.2) is 0 Å². The molecule has 5 rings (SSSR count). The lowest BCUT2D eigenvalue weighted by Crippen LogP contribution is -2.58. The second-order valence-electron chi connectivity index (χ2n) is 7.66. The van der Waals surface area contributed by atoms with Gasteiger partial charge in [-0.2, -0.15) is 0 Å². The van der Waals surface area contributed by atoms with E-state index in [0.29, 0.717) is 50.4 Å². The molecule has 9 nitrogen and oxygen atoms in total. The van der Waals surface area contributed by atoms with E-state index < -0.39 is 5.54 Å². The second kappa shape index (κ2) is 6.68. The van der Waals surface area contributed by atoms with E-state index in [1.165, 1.54) is 0 Å². The number of fused-ring (bicyclic) bond motifs is 3. The van der Waals surface area contributed by atoms with Gasteiger partial charge in [-0.25, -0.2) is 15.0 Å². The fraction of sp³-hybridized carbons (Fsp3) is 0.450. The summed E-state index contributed by atoms with van der Waals surface area (Å²) in [6, 6.07) is 1.80. The first-order valence-corrected chi connectivity index (χ1v) is 10.0. The van der Waals surface area contributed by atoms with Crippen LogP contribution in [-0.2, 0) is 16.8 Å². The number of piperidine rings is 1. The zero-order valence-corrected chi connectivity index (χ0v) is 16.3. The highest BCUT2D eigenvalue weighted by atomic mass is 16.2. The molecule has 9 heteroatoms. The van der Waals surface area contributed by atoms with Gasteiger partial charge in [-0.15, -0.1) is 0 Å². The summed E-state index contributed by atoms with van der Waals surface area (Å²) in [5.41, 5.74) is 2.04. The number of carbonyl (C=O) groups excluding carboxylic acids is 2. The Kier molecular flexibility index (Phi) is 4.11. The number of amides is 2. The van der Waals surface area contributed by atoms with Crippen molar-refractivity contribution >= 4 is 17.6 Å². The minimum atomic E-state index is -0.433. The SMILES string of the molecule is CCC(=O)N1CCc2[nH]cnc2C12CCN(C(=O)c1cn3cccnc3n1)CC2. The average Bonchev–Trinajstić information content (AvgIpc) is 3.41. The molecule has 0 atom stereocenters. The molecule has 0 unspecified atom stereocenters. The number of rotatable bonds is 2. The number of likely N-dealkylation sites (tertiary alicyclic amines) is 1. The summed E-state index contributed by atoms with van der Waals surface area (Å²) >= 11 is 0. The van der Waals surface area contributed by atoms with Gasteiger partial charge < -0.3 is 14.8 Å². The van der Waals surface area contributed by atoms with Crippen molar-refractivity contribution in [3.05, 3.63) is 48.1 Å². The fourth-order valence-corrected chi connectivity index (χ4v) is 4.71. The van der Waals surface area contributed by atoms with Gasteiger partial charge in [-0.05, 0) is 18.9 Å². The van der Waals surface area contributed by atoms with Gasteiger partial charge in [-0.3, -0.25) is 14.0 Å². The number of aromatic amines is 1. The zero-order chi connectivity index (χ0) is 20.0. The van der Waals surface area contributed by atoms with Crippen molar-refractivity contribution in [3.63, 3.8) is 0 Å². The molecular formula is C20H23N7O2. The van der Waals surface area contributed by atoms with Crippen molar-refractivity contribution in [1.82, 2.24) is 34.1 Å². The van der Waals surface area contributed by atoms with Crippen molar-refractivity contribution < 1.29 is 9.59 Å². The topological polar surface area (TPSA) is 99.5 Å². The molecular weight excluding hydrogens is 370 g/mol. The van der Waals surface area contributed by atoms with Crippen LogP contribution in [0.1, 0.15) is 48.1 Å². The number of carbonyl (C=O) groups is 2. The van der Waals surface area contributed by atoms with Gasteiger partial charge in [0.25, 0.3) is 5.91 Å². The summed E-state index contributed by atoms with van der Waals surface area (Å²) in [6.45, 7) is 3.69. The van der Waals surface area contributed by atoms with Gasteiger partial charge in [-0.1, -0.05) is 6.92 Å². The largest absolute Gasteiger partial charge is 0.348 e. The highest BCUT2D eigenvalue weighted by Crippen LogP contribution is 2.42. The molecule has 3 aromatic heterocycles. The first-order chi connectivity index (χ1) is 14.1. The van der Waals surface area contributed by atoms with Crippen LogP contribution in [0.2, 0.25) is 0 Å². The summed E-state index contributed by atoms with van der Waals surface area (Å²) in [7, 11) is 0. The van der Waals surface area contributed by atoms with Crippen LogP contribution in [0.4, 0.5) is 0 Å². The number of nitrogens with zero attached hydrogens (tertiary/aromatic N) is 6. The molecule has 1 N–H and O–H groups in total. The van der Waals surface area contributed by atoms with Crippen LogP contribution in [0.25, 0.3) is 5.78 Å². The van der Waals surface area contributed by atoms with Crippen LogP contribution in [0.3, 0.4) is 0 Å². The number of H-pyrrole nitrogens is 1. The van der Waals surface area contributed by atoms with E-state index in [2.05, 4.69) is 19.9 Å². The summed E-state index contributed by atoms with van der Waals surface area (Å²) in [4.78, 5) is 45.9. The summed E-state index contributed by atoms with van der Waals surface area (Å²) < 4.78 is 1.75. The Morgan fingerprint density at radius 2 is 2.03 bits per heavy atom. The Morgan fingerprint density at radius 1 is 1.21 bits per heavy atom. The highest BCUT2D eigenvalue weighted by Gasteiger charge is 2.48. The molecule has 0 aliphatic carbocycles. The van der Waals surface area contributed by atoms with Crippen LogP contribution in [0.5, 0.6) is 0 Å². The molecule has 2 amide bonds. The molecule has 0 bridgehead atoms. The Morgan fingerprint density at radius 3 is 2.79 bits per heavy atom. The van der Waals surface area contributed by atoms with Crippen LogP contribution < -0.4 is 0 Å². The van der Waals surface area contributed by atoms with E-state index in [1.807, 2.05) is 22.9 Å². The zero-order valence-electron chi connectivity index (χ0n) is 16.3. The molecule has 0 saturated carbocycles. The first kappa shape index (κ1) is 17.8. The Balaban J connectivity index is 1.41. The Labute approximate surface area is 167 Å². The van der Waals surface area contributed by atoms with Gasteiger partial charge in [0.2, 0.25) is 11.7 Å². The average molecular weight is 393 g/mol. The third-order valence-electron chi connectivity index (χ3n) is 6.20. The fourth-order valence-electron chi connectivity index (χ4n) is 4.71. The predicted octanol–water partition coefficient (Wildman–Crippen LogP) is 1.38. The predicted molar refractivity (Wildman–Crippen MR) is 104 cm³/mol. The number of nitrogens with one attached hydrogen (secondary N) is 1. The molecule has 3 aromatic rings. The normalized spacial score (nSPS) is 18.2. The van der Waals surface area contributed by atoms with Crippen molar-refractivity contribution in [2.45, 2.75) is 38.1 Å².